The number of benzene rings is 1. The Morgan fingerprint density at radius 3 is 2.20 bits per heavy atom. The molecule has 1 saturated carbocycles. The molecule has 0 spiro atoms. The number of hydrogen-bond acceptors (Lipinski definition) is 3. The van der Waals surface area contributed by atoms with Crippen molar-refractivity contribution >= 4 is 0 Å². The molecule has 2 rings (SSSR count). The van der Waals surface area contributed by atoms with Crippen LogP contribution in [0.4, 0.5) is 0 Å². The van der Waals surface area contributed by atoms with Gasteiger partial charge < -0.3 is 14.8 Å². The van der Waals surface area contributed by atoms with Gasteiger partial charge in [0.15, 0.2) is 11.5 Å². The van der Waals surface area contributed by atoms with Crippen LogP contribution >= 0.6 is 0 Å². The molecule has 0 saturated heterocycles. The van der Waals surface area contributed by atoms with Crippen molar-refractivity contribution in [2.75, 3.05) is 26.8 Å². The fraction of sp³-hybridized carbons (Fsp3) is 0.647. The number of rotatable bonds is 7. The second-order valence-corrected chi connectivity index (χ2v) is 6.70. The van der Waals surface area contributed by atoms with Crippen molar-refractivity contribution < 1.29 is 9.47 Å². The first-order valence-corrected chi connectivity index (χ1v) is 7.38. The van der Waals surface area contributed by atoms with Crippen LogP contribution in [0.1, 0.15) is 27.7 Å². The van der Waals surface area contributed by atoms with E-state index >= 15 is 0 Å². The Bertz CT molecular complexity index is 440. The van der Waals surface area contributed by atoms with E-state index in [4.69, 9.17) is 9.47 Å². The van der Waals surface area contributed by atoms with E-state index in [2.05, 4.69) is 33.0 Å². The standard InChI is InChI=1S/C17H27NO2/c1-16(2)15(17(16,3)4)12-18-10-11-20-14-9-7-6-8-13(14)19-5/h6-9,15,18H,10-12H2,1-5H3. The maximum Gasteiger partial charge on any atom is 0.161 e. The van der Waals surface area contributed by atoms with Crippen LogP contribution in [0.5, 0.6) is 11.5 Å². The first-order chi connectivity index (χ1) is 9.41. The Labute approximate surface area is 122 Å². The molecule has 0 radical (unpaired) electrons. The molecule has 1 aromatic carbocycles. The van der Waals surface area contributed by atoms with E-state index in [-0.39, 0.29) is 0 Å². The fourth-order valence-corrected chi connectivity index (χ4v) is 3.06. The lowest BCUT2D eigenvalue weighted by molar-refractivity contribution is 0.290. The molecular weight excluding hydrogens is 250 g/mol. The highest BCUT2D eigenvalue weighted by Crippen LogP contribution is 2.67. The fourth-order valence-electron chi connectivity index (χ4n) is 3.06. The minimum absolute atomic E-state index is 0.448. The van der Waals surface area contributed by atoms with E-state index in [1.165, 1.54) is 0 Å². The summed E-state index contributed by atoms with van der Waals surface area (Å²) in [6, 6.07) is 7.76. The summed E-state index contributed by atoms with van der Waals surface area (Å²) in [6.45, 7) is 12.0. The first kappa shape index (κ1) is 15.2. The topological polar surface area (TPSA) is 30.5 Å². The van der Waals surface area contributed by atoms with Crippen molar-refractivity contribution in [1.29, 1.82) is 0 Å². The van der Waals surface area contributed by atoms with Crippen LogP contribution in [0.2, 0.25) is 0 Å². The van der Waals surface area contributed by atoms with Gasteiger partial charge in [0.25, 0.3) is 0 Å². The molecule has 0 atom stereocenters. The van der Waals surface area contributed by atoms with Crippen molar-refractivity contribution in [3.8, 4) is 11.5 Å². The molecule has 1 N–H and O–H groups in total. The lowest BCUT2D eigenvalue weighted by Crippen LogP contribution is -2.24. The van der Waals surface area contributed by atoms with Gasteiger partial charge in [-0.15, -0.1) is 0 Å². The second kappa shape index (κ2) is 5.65. The van der Waals surface area contributed by atoms with Crippen LogP contribution in [-0.4, -0.2) is 26.8 Å². The van der Waals surface area contributed by atoms with E-state index < -0.39 is 0 Å². The number of methoxy groups -OCH3 is 1. The van der Waals surface area contributed by atoms with Gasteiger partial charge in [-0.25, -0.2) is 0 Å². The normalized spacial score (nSPS) is 19.6. The van der Waals surface area contributed by atoms with Crippen molar-refractivity contribution in [3.63, 3.8) is 0 Å². The SMILES string of the molecule is COc1ccccc1OCCNCC1C(C)(C)C1(C)C. The van der Waals surface area contributed by atoms with Crippen molar-refractivity contribution in [3.05, 3.63) is 24.3 Å². The summed E-state index contributed by atoms with van der Waals surface area (Å²) in [5, 5.41) is 3.50. The Morgan fingerprint density at radius 2 is 1.65 bits per heavy atom. The van der Waals surface area contributed by atoms with Crippen LogP contribution in [0.3, 0.4) is 0 Å². The van der Waals surface area contributed by atoms with E-state index in [9.17, 15) is 0 Å². The third-order valence-electron chi connectivity index (χ3n) is 5.27. The molecule has 0 bridgehead atoms. The third kappa shape index (κ3) is 2.78. The molecule has 0 amide bonds. The molecule has 1 aromatic rings. The van der Waals surface area contributed by atoms with Gasteiger partial charge >= 0.3 is 0 Å². The molecule has 3 heteroatoms. The molecule has 0 aromatic heterocycles. The van der Waals surface area contributed by atoms with Crippen molar-refractivity contribution in [1.82, 2.24) is 5.32 Å². The van der Waals surface area contributed by atoms with Crippen LogP contribution < -0.4 is 14.8 Å². The zero-order valence-corrected chi connectivity index (χ0v) is 13.3. The maximum atomic E-state index is 5.75. The minimum Gasteiger partial charge on any atom is -0.493 e. The number of para-hydroxylation sites is 2. The van der Waals surface area contributed by atoms with Gasteiger partial charge in [0.05, 0.1) is 7.11 Å². The summed E-state index contributed by atoms with van der Waals surface area (Å²) in [5.41, 5.74) is 0.896. The highest BCUT2D eigenvalue weighted by molar-refractivity contribution is 5.39. The van der Waals surface area contributed by atoms with Gasteiger partial charge in [-0.3, -0.25) is 0 Å². The average Bonchev–Trinajstić information content (AvgIpc) is 2.80. The Kier molecular flexibility index (Phi) is 4.28. The van der Waals surface area contributed by atoms with Gasteiger partial charge in [-0.05, 0) is 35.4 Å². The molecule has 0 unspecified atom stereocenters. The average molecular weight is 277 g/mol. The maximum absolute atomic E-state index is 5.75. The van der Waals surface area contributed by atoms with E-state index in [0.717, 1.165) is 30.5 Å². The highest BCUT2D eigenvalue weighted by atomic mass is 16.5. The summed E-state index contributed by atoms with van der Waals surface area (Å²) in [4.78, 5) is 0. The van der Waals surface area contributed by atoms with Crippen LogP contribution in [0, 0.1) is 16.7 Å². The summed E-state index contributed by atoms with van der Waals surface area (Å²) < 4.78 is 11.0. The third-order valence-corrected chi connectivity index (χ3v) is 5.27. The Hall–Kier alpha value is -1.22. The Balaban J connectivity index is 1.68. The molecule has 0 heterocycles. The van der Waals surface area contributed by atoms with Gasteiger partial charge in [0, 0.05) is 6.54 Å². The number of hydrogen-bond donors (Lipinski definition) is 1. The summed E-state index contributed by atoms with van der Waals surface area (Å²) in [6.07, 6.45) is 0. The van der Waals surface area contributed by atoms with Crippen LogP contribution in [0.15, 0.2) is 24.3 Å². The van der Waals surface area contributed by atoms with Crippen molar-refractivity contribution in [2.45, 2.75) is 27.7 Å². The predicted octanol–water partition coefficient (Wildman–Crippen LogP) is 3.35. The van der Waals surface area contributed by atoms with Gasteiger partial charge in [-0.2, -0.15) is 0 Å². The van der Waals surface area contributed by atoms with Crippen molar-refractivity contribution in [2.24, 2.45) is 16.7 Å². The van der Waals surface area contributed by atoms with Gasteiger partial charge in [0.1, 0.15) is 6.61 Å². The van der Waals surface area contributed by atoms with Gasteiger partial charge in [0.2, 0.25) is 0 Å². The van der Waals surface area contributed by atoms with E-state index in [1.807, 2.05) is 24.3 Å². The second-order valence-electron chi connectivity index (χ2n) is 6.70. The lowest BCUT2D eigenvalue weighted by Gasteiger charge is -2.11. The molecule has 3 nitrogen and oxygen atoms in total. The molecule has 0 aliphatic heterocycles. The molecular formula is C17H27NO2. The largest absolute Gasteiger partial charge is 0.493 e. The van der Waals surface area contributed by atoms with Gasteiger partial charge in [-0.1, -0.05) is 39.8 Å². The zero-order valence-electron chi connectivity index (χ0n) is 13.3. The quantitative estimate of drug-likeness (QED) is 0.775. The monoisotopic (exact) mass is 277 g/mol. The molecule has 112 valence electrons. The van der Waals surface area contributed by atoms with Crippen LogP contribution in [-0.2, 0) is 0 Å². The highest BCUT2D eigenvalue weighted by Gasteiger charge is 2.63. The summed E-state index contributed by atoms with van der Waals surface area (Å²) in [7, 11) is 1.66. The molecule has 1 fully saturated rings. The summed E-state index contributed by atoms with van der Waals surface area (Å²) >= 11 is 0. The Morgan fingerprint density at radius 1 is 1.05 bits per heavy atom. The zero-order chi connectivity index (χ0) is 14.8. The minimum atomic E-state index is 0.448. The first-order valence-electron chi connectivity index (χ1n) is 7.38. The van der Waals surface area contributed by atoms with E-state index in [1.54, 1.807) is 7.11 Å². The molecule has 1 aliphatic carbocycles. The molecule has 1 aliphatic rings. The molecule has 20 heavy (non-hydrogen) atoms. The van der Waals surface area contributed by atoms with E-state index in [0.29, 0.717) is 17.4 Å². The van der Waals surface area contributed by atoms with Crippen LogP contribution in [0.25, 0.3) is 0 Å². The number of nitrogens with one attached hydrogen (secondary N) is 1. The summed E-state index contributed by atoms with van der Waals surface area (Å²) in [5.74, 6) is 2.35. The number of ether oxygens (including phenoxy) is 2. The smallest absolute Gasteiger partial charge is 0.161 e. The predicted molar refractivity (Wildman–Crippen MR) is 82.4 cm³/mol. The lowest BCUT2D eigenvalue weighted by atomic mass is 10.0.